The van der Waals surface area contributed by atoms with Crippen LogP contribution in [0.1, 0.15) is 15.9 Å². The average molecular weight is 415 g/mol. The Hall–Kier alpha value is -2.99. The first-order chi connectivity index (χ1) is 14.0. The maximum absolute atomic E-state index is 12.6. The minimum absolute atomic E-state index is 0.0505. The summed E-state index contributed by atoms with van der Waals surface area (Å²) in [5.41, 5.74) is 1.36. The molecule has 0 radical (unpaired) electrons. The van der Waals surface area contributed by atoms with E-state index in [0.29, 0.717) is 48.3 Å². The predicted molar refractivity (Wildman–Crippen MR) is 113 cm³/mol. The second-order valence-corrected chi connectivity index (χ2v) is 7.00. The van der Waals surface area contributed by atoms with Gasteiger partial charge in [-0.25, -0.2) is 0 Å². The lowest BCUT2D eigenvalue weighted by Gasteiger charge is -2.34. The molecule has 1 aliphatic heterocycles. The highest BCUT2D eigenvalue weighted by Gasteiger charge is 2.23. The maximum atomic E-state index is 12.6. The van der Waals surface area contributed by atoms with Gasteiger partial charge in [-0.3, -0.25) is 9.59 Å². The monoisotopic (exact) mass is 414 g/mol. The second-order valence-electron chi connectivity index (χ2n) is 6.57. The minimum atomic E-state index is -0.103. The van der Waals surface area contributed by atoms with Crippen molar-refractivity contribution in [2.45, 2.75) is 0 Å². The molecule has 0 bridgehead atoms. The second kappa shape index (κ2) is 9.47. The molecule has 152 valence electrons. The number of carbonyl (C=O) groups is 2. The average Bonchev–Trinajstić information content (AvgIpc) is 2.77. The fraction of sp³-hybridized carbons (Fsp3) is 0.273. The summed E-state index contributed by atoms with van der Waals surface area (Å²) in [5, 5.41) is 0.594. The number of halogens is 1. The van der Waals surface area contributed by atoms with Gasteiger partial charge >= 0.3 is 0 Å². The molecule has 6 nitrogen and oxygen atoms in total. The van der Waals surface area contributed by atoms with Crippen molar-refractivity contribution in [3.05, 3.63) is 64.7 Å². The van der Waals surface area contributed by atoms with Crippen molar-refractivity contribution in [3.8, 4) is 11.5 Å². The Bertz CT molecular complexity index is 904. The van der Waals surface area contributed by atoms with E-state index in [0.717, 1.165) is 5.56 Å². The fourth-order valence-electron chi connectivity index (χ4n) is 3.14. The molecule has 1 fully saturated rings. The van der Waals surface area contributed by atoms with Crippen LogP contribution in [0, 0.1) is 0 Å². The van der Waals surface area contributed by atoms with Crippen LogP contribution in [0.15, 0.2) is 48.5 Å². The largest absolute Gasteiger partial charge is 0.497 e. The van der Waals surface area contributed by atoms with Gasteiger partial charge in [-0.1, -0.05) is 11.6 Å². The highest BCUT2D eigenvalue weighted by molar-refractivity contribution is 6.30. The highest BCUT2D eigenvalue weighted by Crippen LogP contribution is 2.25. The summed E-state index contributed by atoms with van der Waals surface area (Å²) >= 11 is 5.88. The summed E-state index contributed by atoms with van der Waals surface area (Å²) in [7, 11) is 3.17. The van der Waals surface area contributed by atoms with Crippen molar-refractivity contribution < 1.29 is 19.1 Å². The van der Waals surface area contributed by atoms with Gasteiger partial charge in [0.2, 0.25) is 5.91 Å². The van der Waals surface area contributed by atoms with Crippen LogP contribution in [0.25, 0.3) is 6.08 Å². The quantitative estimate of drug-likeness (QED) is 0.704. The van der Waals surface area contributed by atoms with Gasteiger partial charge in [-0.05, 0) is 48.5 Å². The number of carbonyl (C=O) groups excluding carboxylic acids is 2. The molecule has 1 heterocycles. The van der Waals surface area contributed by atoms with Crippen molar-refractivity contribution >= 4 is 29.5 Å². The van der Waals surface area contributed by atoms with Crippen LogP contribution in [-0.2, 0) is 4.79 Å². The van der Waals surface area contributed by atoms with Crippen LogP contribution in [0.5, 0.6) is 11.5 Å². The highest BCUT2D eigenvalue weighted by atomic mass is 35.5. The number of amides is 2. The number of benzene rings is 2. The Morgan fingerprint density at radius 2 is 1.59 bits per heavy atom. The lowest BCUT2D eigenvalue weighted by atomic mass is 10.1. The Balaban J connectivity index is 1.59. The van der Waals surface area contributed by atoms with E-state index in [9.17, 15) is 9.59 Å². The first-order valence-electron chi connectivity index (χ1n) is 9.25. The van der Waals surface area contributed by atoms with Crippen LogP contribution >= 0.6 is 11.6 Å². The smallest absolute Gasteiger partial charge is 0.253 e. The van der Waals surface area contributed by atoms with Gasteiger partial charge in [0.15, 0.2) is 0 Å². The molecule has 0 unspecified atom stereocenters. The lowest BCUT2D eigenvalue weighted by Crippen LogP contribution is -2.50. The molecule has 0 N–H and O–H groups in total. The van der Waals surface area contributed by atoms with Crippen LogP contribution in [0.4, 0.5) is 0 Å². The van der Waals surface area contributed by atoms with E-state index in [1.807, 2.05) is 6.07 Å². The zero-order chi connectivity index (χ0) is 20.8. The van der Waals surface area contributed by atoms with E-state index in [-0.39, 0.29) is 11.8 Å². The first-order valence-corrected chi connectivity index (χ1v) is 9.63. The van der Waals surface area contributed by atoms with Crippen LogP contribution in [0.3, 0.4) is 0 Å². The fourth-order valence-corrected chi connectivity index (χ4v) is 3.27. The molecule has 2 aromatic carbocycles. The van der Waals surface area contributed by atoms with Crippen LogP contribution in [-0.4, -0.2) is 62.0 Å². The van der Waals surface area contributed by atoms with Gasteiger partial charge in [0, 0.05) is 48.4 Å². The van der Waals surface area contributed by atoms with Crippen molar-refractivity contribution in [2.24, 2.45) is 0 Å². The van der Waals surface area contributed by atoms with E-state index in [4.69, 9.17) is 21.1 Å². The van der Waals surface area contributed by atoms with Gasteiger partial charge in [-0.2, -0.15) is 0 Å². The Labute approximate surface area is 175 Å². The van der Waals surface area contributed by atoms with Gasteiger partial charge in [0.05, 0.1) is 14.2 Å². The summed E-state index contributed by atoms with van der Waals surface area (Å²) in [6, 6.07) is 12.2. The van der Waals surface area contributed by atoms with E-state index in [1.165, 1.54) is 6.08 Å². The molecule has 0 aromatic heterocycles. The third-order valence-corrected chi connectivity index (χ3v) is 5.06. The molecular weight excluding hydrogens is 392 g/mol. The molecule has 2 amide bonds. The molecule has 3 rings (SSSR count). The lowest BCUT2D eigenvalue weighted by molar-refractivity contribution is -0.127. The van der Waals surface area contributed by atoms with Gasteiger partial charge < -0.3 is 19.3 Å². The SMILES string of the molecule is COc1ccc(OC)c(/C=C/C(=O)N2CCN(C(=O)c3ccc(Cl)cc3)CC2)c1. The Morgan fingerprint density at radius 3 is 2.21 bits per heavy atom. The third kappa shape index (κ3) is 5.09. The van der Waals surface area contributed by atoms with Crippen LogP contribution < -0.4 is 9.47 Å². The molecule has 7 heteroatoms. The normalized spacial score (nSPS) is 14.2. The minimum Gasteiger partial charge on any atom is -0.497 e. The number of piperazine rings is 1. The zero-order valence-electron chi connectivity index (χ0n) is 16.4. The van der Waals surface area contributed by atoms with Crippen molar-refractivity contribution in [1.29, 1.82) is 0 Å². The van der Waals surface area contributed by atoms with Gasteiger partial charge in [0.25, 0.3) is 5.91 Å². The summed E-state index contributed by atoms with van der Waals surface area (Å²) in [6.07, 6.45) is 3.24. The number of ether oxygens (including phenoxy) is 2. The van der Waals surface area contributed by atoms with Crippen molar-refractivity contribution in [1.82, 2.24) is 9.80 Å². The molecule has 2 aromatic rings. The molecule has 0 atom stereocenters. The van der Waals surface area contributed by atoms with Gasteiger partial charge in [-0.15, -0.1) is 0 Å². The molecular formula is C22H23ClN2O4. The van der Waals surface area contributed by atoms with Crippen LogP contribution in [0.2, 0.25) is 5.02 Å². The van der Waals surface area contributed by atoms with E-state index in [2.05, 4.69) is 0 Å². The third-order valence-electron chi connectivity index (χ3n) is 4.81. The molecule has 1 saturated heterocycles. The number of nitrogens with zero attached hydrogens (tertiary/aromatic N) is 2. The summed E-state index contributed by atoms with van der Waals surface area (Å²) in [6.45, 7) is 1.95. The first kappa shape index (κ1) is 20.7. The number of rotatable bonds is 5. The molecule has 0 saturated carbocycles. The molecule has 0 aliphatic carbocycles. The van der Waals surface area contributed by atoms with Crippen molar-refractivity contribution in [3.63, 3.8) is 0 Å². The summed E-state index contributed by atoms with van der Waals surface area (Å²) in [4.78, 5) is 28.6. The maximum Gasteiger partial charge on any atom is 0.253 e. The van der Waals surface area contributed by atoms with Gasteiger partial charge in [0.1, 0.15) is 11.5 Å². The number of hydrogen-bond acceptors (Lipinski definition) is 4. The number of hydrogen-bond donors (Lipinski definition) is 0. The Kier molecular flexibility index (Phi) is 6.77. The number of methoxy groups -OCH3 is 2. The topological polar surface area (TPSA) is 59.1 Å². The van der Waals surface area contributed by atoms with E-state index < -0.39 is 0 Å². The zero-order valence-corrected chi connectivity index (χ0v) is 17.2. The van der Waals surface area contributed by atoms with E-state index >= 15 is 0 Å². The molecule has 1 aliphatic rings. The summed E-state index contributed by atoms with van der Waals surface area (Å²) in [5.74, 6) is 1.19. The predicted octanol–water partition coefficient (Wildman–Crippen LogP) is 3.36. The van der Waals surface area contributed by atoms with E-state index in [1.54, 1.807) is 66.5 Å². The van der Waals surface area contributed by atoms with Crippen molar-refractivity contribution in [2.75, 3.05) is 40.4 Å². The molecule has 0 spiro atoms. The summed E-state index contributed by atoms with van der Waals surface area (Å²) < 4.78 is 10.6. The standard InChI is InChI=1S/C22H23ClN2O4/c1-28-19-8-9-20(29-2)17(15-19)5-10-21(26)24-11-13-25(14-12-24)22(27)16-3-6-18(23)7-4-16/h3-10,15H,11-14H2,1-2H3/b10-5+. The molecule has 29 heavy (non-hydrogen) atoms. The Morgan fingerprint density at radius 1 is 0.931 bits per heavy atom.